The van der Waals surface area contributed by atoms with Crippen LogP contribution in [0.1, 0.15) is 24.0 Å². The topological polar surface area (TPSA) is 43.4 Å². The summed E-state index contributed by atoms with van der Waals surface area (Å²) in [5, 5.41) is 0. The Hall–Kier alpha value is -1.46. The Labute approximate surface area is 152 Å². The molecule has 0 amide bonds. The van der Waals surface area contributed by atoms with Gasteiger partial charge in [-0.15, -0.1) is 0 Å². The molecule has 0 aromatic heterocycles. The average molecular weight is 440 g/mol. The van der Waals surface area contributed by atoms with Crippen molar-refractivity contribution in [1.29, 1.82) is 0 Å². The monoisotopic (exact) mass is 438 g/mol. The van der Waals surface area contributed by atoms with E-state index in [9.17, 15) is 9.59 Å². The van der Waals surface area contributed by atoms with Crippen molar-refractivity contribution in [3.63, 3.8) is 0 Å². The average Bonchev–Trinajstić information content (AvgIpc) is 2.52. The van der Waals surface area contributed by atoms with E-state index in [-0.39, 0.29) is 18.8 Å². The van der Waals surface area contributed by atoms with Crippen LogP contribution >= 0.6 is 31.9 Å². The highest BCUT2D eigenvalue weighted by molar-refractivity contribution is 9.10. The third kappa shape index (κ3) is 5.01. The zero-order valence-corrected chi connectivity index (χ0v) is 15.8. The normalized spacial score (nSPS) is 11.8. The summed E-state index contributed by atoms with van der Waals surface area (Å²) in [5.74, 6) is -1.57. The van der Waals surface area contributed by atoms with Gasteiger partial charge in [0.05, 0.1) is 6.61 Å². The third-order valence-corrected chi connectivity index (χ3v) is 4.40. The van der Waals surface area contributed by atoms with Gasteiger partial charge in [0.1, 0.15) is 5.92 Å². The van der Waals surface area contributed by atoms with Crippen molar-refractivity contribution < 1.29 is 14.3 Å². The van der Waals surface area contributed by atoms with E-state index in [1.807, 2.05) is 36.4 Å². The number of benzene rings is 2. The summed E-state index contributed by atoms with van der Waals surface area (Å²) in [4.78, 5) is 24.9. The first-order chi connectivity index (χ1) is 11.0. The zero-order valence-electron chi connectivity index (χ0n) is 12.6. The Balaban J connectivity index is 2.25. The molecular formula is C18H16Br2O3. The van der Waals surface area contributed by atoms with E-state index in [4.69, 9.17) is 4.74 Å². The smallest absolute Gasteiger partial charge is 0.321 e. The number of hydrogen-bond acceptors (Lipinski definition) is 3. The molecule has 0 N–H and O–H groups in total. The van der Waals surface area contributed by atoms with Crippen molar-refractivity contribution in [2.45, 2.75) is 19.3 Å². The van der Waals surface area contributed by atoms with Crippen molar-refractivity contribution in [2.75, 3.05) is 6.61 Å². The summed E-state index contributed by atoms with van der Waals surface area (Å²) in [7, 11) is 0. The Morgan fingerprint density at radius 3 is 2.00 bits per heavy atom. The number of esters is 1. The third-order valence-electron chi connectivity index (χ3n) is 3.34. The largest absolute Gasteiger partial charge is 0.465 e. The zero-order chi connectivity index (χ0) is 16.8. The SMILES string of the molecule is CCOC(=O)C(C(=O)Cc1ccc(Br)cc1)c1ccc(Br)cc1. The lowest BCUT2D eigenvalue weighted by Crippen LogP contribution is -2.25. The molecule has 0 fully saturated rings. The lowest BCUT2D eigenvalue weighted by Gasteiger charge is -2.15. The second-order valence-electron chi connectivity index (χ2n) is 5.01. The molecule has 0 bridgehead atoms. The molecule has 5 heteroatoms. The molecule has 0 aliphatic carbocycles. The van der Waals surface area contributed by atoms with Gasteiger partial charge in [0, 0.05) is 15.4 Å². The molecule has 120 valence electrons. The number of carbonyl (C=O) groups is 2. The highest BCUT2D eigenvalue weighted by atomic mass is 79.9. The molecule has 0 heterocycles. The summed E-state index contributed by atoms with van der Waals surface area (Å²) in [6.07, 6.45) is 0.187. The minimum atomic E-state index is -0.897. The fraction of sp³-hybridized carbons (Fsp3) is 0.222. The molecule has 1 unspecified atom stereocenters. The molecule has 0 spiro atoms. The minimum Gasteiger partial charge on any atom is -0.465 e. The molecule has 2 aromatic rings. The van der Waals surface area contributed by atoms with Crippen molar-refractivity contribution in [3.05, 3.63) is 68.6 Å². The van der Waals surface area contributed by atoms with Crippen LogP contribution in [0.15, 0.2) is 57.5 Å². The van der Waals surface area contributed by atoms with Crippen LogP contribution in [0.4, 0.5) is 0 Å². The number of Topliss-reactive ketones (excluding diaryl/α,β-unsaturated/α-hetero) is 1. The van der Waals surface area contributed by atoms with E-state index in [1.165, 1.54) is 0 Å². The number of ether oxygens (including phenoxy) is 1. The van der Waals surface area contributed by atoms with Gasteiger partial charge in [0.2, 0.25) is 0 Å². The van der Waals surface area contributed by atoms with Crippen LogP contribution in [0.25, 0.3) is 0 Å². The standard InChI is InChI=1S/C18H16Br2O3/c1-2-23-18(22)17(13-5-9-15(20)10-6-13)16(21)11-12-3-7-14(19)8-4-12/h3-10,17H,2,11H2,1H3. The Bertz CT molecular complexity index is 678. The number of hydrogen-bond donors (Lipinski definition) is 0. The summed E-state index contributed by atoms with van der Waals surface area (Å²) in [6, 6.07) is 14.7. The molecule has 1 atom stereocenters. The predicted octanol–water partition coefficient (Wildman–Crippen LogP) is 4.67. The van der Waals surface area contributed by atoms with Crippen molar-refractivity contribution in [2.24, 2.45) is 0 Å². The van der Waals surface area contributed by atoms with E-state index in [2.05, 4.69) is 31.9 Å². The lowest BCUT2D eigenvalue weighted by atomic mass is 9.91. The minimum absolute atomic E-state index is 0.173. The summed E-state index contributed by atoms with van der Waals surface area (Å²) >= 11 is 6.72. The molecule has 0 saturated carbocycles. The number of carbonyl (C=O) groups excluding carboxylic acids is 2. The molecule has 0 aliphatic rings. The Kier molecular flexibility index (Phi) is 6.54. The van der Waals surface area contributed by atoms with Crippen molar-refractivity contribution >= 4 is 43.6 Å². The number of halogens is 2. The second-order valence-corrected chi connectivity index (χ2v) is 6.84. The summed E-state index contributed by atoms with van der Waals surface area (Å²) in [6.45, 7) is 1.98. The van der Waals surface area contributed by atoms with E-state index >= 15 is 0 Å². The van der Waals surface area contributed by atoms with E-state index in [0.717, 1.165) is 14.5 Å². The van der Waals surface area contributed by atoms with Gasteiger partial charge in [-0.3, -0.25) is 9.59 Å². The van der Waals surface area contributed by atoms with E-state index < -0.39 is 11.9 Å². The van der Waals surface area contributed by atoms with E-state index in [1.54, 1.807) is 19.1 Å². The number of ketones is 1. The van der Waals surface area contributed by atoms with Crippen molar-refractivity contribution in [1.82, 2.24) is 0 Å². The lowest BCUT2D eigenvalue weighted by molar-refractivity contribution is -0.147. The van der Waals surface area contributed by atoms with Crippen LogP contribution in [0, 0.1) is 0 Å². The number of rotatable bonds is 6. The first-order valence-electron chi connectivity index (χ1n) is 7.20. The summed E-state index contributed by atoms with van der Waals surface area (Å²) < 4.78 is 6.93. The van der Waals surface area contributed by atoms with Gasteiger partial charge < -0.3 is 4.74 Å². The fourth-order valence-corrected chi connectivity index (χ4v) is 2.77. The van der Waals surface area contributed by atoms with Gasteiger partial charge in [-0.2, -0.15) is 0 Å². The van der Waals surface area contributed by atoms with Gasteiger partial charge in [0.15, 0.2) is 5.78 Å². The fourth-order valence-electron chi connectivity index (χ4n) is 2.24. The Morgan fingerprint density at radius 1 is 0.957 bits per heavy atom. The first-order valence-corrected chi connectivity index (χ1v) is 8.79. The molecular weight excluding hydrogens is 424 g/mol. The van der Waals surface area contributed by atoms with Gasteiger partial charge in [-0.05, 0) is 42.3 Å². The van der Waals surface area contributed by atoms with Crippen LogP contribution in [-0.2, 0) is 20.7 Å². The van der Waals surface area contributed by atoms with Gasteiger partial charge in [-0.1, -0.05) is 56.1 Å². The van der Waals surface area contributed by atoms with Crippen LogP contribution in [-0.4, -0.2) is 18.4 Å². The molecule has 0 radical (unpaired) electrons. The quantitative estimate of drug-likeness (QED) is 0.485. The van der Waals surface area contributed by atoms with E-state index in [0.29, 0.717) is 5.56 Å². The first kappa shape index (κ1) is 17.9. The highest BCUT2D eigenvalue weighted by Crippen LogP contribution is 2.23. The molecule has 23 heavy (non-hydrogen) atoms. The molecule has 0 saturated heterocycles. The van der Waals surface area contributed by atoms with Crippen LogP contribution in [0.5, 0.6) is 0 Å². The van der Waals surface area contributed by atoms with Gasteiger partial charge in [-0.25, -0.2) is 0 Å². The second kappa shape index (κ2) is 8.41. The van der Waals surface area contributed by atoms with Gasteiger partial charge >= 0.3 is 5.97 Å². The van der Waals surface area contributed by atoms with Crippen LogP contribution < -0.4 is 0 Å². The summed E-state index contributed by atoms with van der Waals surface area (Å²) in [5.41, 5.74) is 1.51. The molecule has 3 nitrogen and oxygen atoms in total. The highest BCUT2D eigenvalue weighted by Gasteiger charge is 2.29. The maximum absolute atomic E-state index is 12.7. The maximum Gasteiger partial charge on any atom is 0.321 e. The predicted molar refractivity (Wildman–Crippen MR) is 96.4 cm³/mol. The van der Waals surface area contributed by atoms with Gasteiger partial charge in [0.25, 0.3) is 0 Å². The van der Waals surface area contributed by atoms with Crippen LogP contribution in [0.3, 0.4) is 0 Å². The molecule has 2 aromatic carbocycles. The van der Waals surface area contributed by atoms with Crippen LogP contribution in [0.2, 0.25) is 0 Å². The molecule has 2 rings (SSSR count). The Morgan fingerprint density at radius 2 is 1.48 bits per heavy atom. The molecule has 0 aliphatic heterocycles. The maximum atomic E-state index is 12.7. The van der Waals surface area contributed by atoms with Crippen molar-refractivity contribution in [3.8, 4) is 0 Å².